The van der Waals surface area contributed by atoms with E-state index in [-0.39, 0.29) is 27.9 Å². The van der Waals surface area contributed by atoms with Crippen LogP contribution in [0.2, 0.25) is 0 Å². The first-order valence-corrected chi connectivity index (χ1v) is 11.8. The van der Waals surface area contributed by atoms with Crippen LogP contribution in [0.5, 0.6) is 11.5 Å². The minimum absolute atomic E-state index is 0.0265. The van der Waals surface area contributed by atoms with E-state index in [0.717, 1.165) is 10.0 Å². The second-order valence-corrected chi connectivity index (χ2v) is 9.87. The number of rotatable bonds is 5. The maximum absolute atomic E-state index is 12.7. The average Bonchev–Trinajstić information content (AvgIpc) is 3.03. The molecule has 0 bridgehead atoms. The van der Waals surface area contributed by atoms with Crippen molar-refractivity contribution in [2.45, 2.75) is 24.7 Å². The predicted molar refractivity (Wildman–Crippen MR) is 122 cm³/mol. The summed E-state index contributed by atoms with van der Waals surface area (Å²) in [6.07, 6.45) is 1.67. The Bertz CT molecular complexity index is 1270. The Morgan fingerprint density at radius 1 is 0.968 bits per heavy atom. The van der Waals surface area contributed by atoms with E-state index in [2.05, 4.69) is 29.8 Å². The van der Waals surface area contributed by atoms with E-state index in [1.807, 2.05) is 24.3 Å². The molecule has 5 nitrogen and oxygen atoms in total. The first kappa shape index (κ1) is 21.3. The molecule has 4 rings (SSSR count). The van der Waals surface area contributed by atoms with Gasteiger partial charge in [0.25, 0.3) is 0 Å². The molecule has 0 atom stereocenters. The number of ether oxygens (including phenoxy) is 1. The first-order valence-electron chi connectivity index (χ1n) is 9.61. The molecule has 1 aliphatic heterocycles. The third-order valence-corrected chi connectivity index (χ3v) is 6.64. The van der Waals surface area contributed by atoms with Crippen LogP contribution in [-0.2, 0) is 10.1 Å². The van der Waals surface area contributed by atoms with Crippen molar-refractivity contribution in [1.82, 2.24) is 0 Å². The Balaban J connectivity index is 1.56. The van der Waals surface area contributed by atoms with Crippen molar-refractivity contribution < 1.29 is 22.1 Å². The molecule has 0 aliphatic carbocycles. The lowest BCUT2D eigenvalue weighted by Crippen LogP contribution is -2.09. The second-order valence-electron chi connectivity index (χ2n) is 7.41. The van der Waals surface area contributed by atoms with Gasteiger partial charge in [0.15, 0.2) is 5.76 Å². The van der Waals surface area contributed by atoms with E-state index < -0.39 is 10.1 Å². The number of allylic oxidation sites excluding steroid dienone is 1. The number of benzene rings is 3. The van der Waals surface area contributed by atoms with Crippen LogP contribution in [0, 0.1) is 0 Å². The van der Waals surface area contributed by atoms with Gasteiger partial charge in [0.1, 0.15) is 16.4 Å². The molecule has 3 aromatic rings. The fraction of sp³-hybridized carbons (Fsp3) is 0.125. The van der Waals surface area contributed by atoms with Crippen LogP contribution in [0.15, 0.2) is 81.9 Å². The van der Waals surface area contributed by atoms with E-state index in [9.17, 15) is 13.2 Å². The topological polar surface area (TPSA) is 69.7 Å². The normalized spacial score (nSPS) is 14.6. The van der Waals surface area contributed by atoms with Gasteiger partial charge < -0.3 is 8.92 Å². The van der Waals surface area contributed by atoms with Gasteiger partial charge >= 0.3 is 10.1 Å². The number of hydrogen-bond acceptors (Lipinski definition) is 5. The third-order valence-electron chi connectivity index (χ3n) is 4.85. The van der Waals surface area contributed by atoms with Crippen molar-refractivity contribution >= 4 is 37.9 Å². The van der Waals surface area contributed by atoms with Crippen molar-refractivity contribution in [2.75, 3.05) is 0 Å². The number of carbonyl (C=O) groups excluding carboxylic acids is 1. The summed E-state index contributed by atoms with van der Waals surface area (Å²) in [5, 5.41) is 0. The van der Waals surface area contributed by atoms with E-state index in [0.29, 0.717) is 11.5 Å². The van der Waals surface area contributed by atoms with Crippen LogP contribution in [-0.4, -0.2) is 14.2 Å². The highest BCUT2D eigenvalue weighted by atomic mass is 79.9. The number of Topliss-reactive ketones (excluding diaryl/α,β-unsaturated/α-hetero) is 1. The summed E-state index contributed by atoms with van der Waals surface area (Å²) in [5.41, 5.74) is 2.41. The zero-order chi connectivity index (χ0) is 22.2. The van der Waals surface area contributed by atoms with Gasteiger partial charge in [-0.3, -0.25) is 4.79 Å². The molecule has 158 valence electrons. The zero-order valence-corrected chi connectivity index (χ0v) is 19.2. The summed E-state index contributed by atoms with van der Waals surface area (Å²) in [4.78, 5) is 12.7. The molecule has 0 spiro atoms. The molecule has 0 saturated heterocycles. The van der Waals surface area contributed by atoms with E-state index in [1.54, 1.807) is 18.2 Å². The summed E-state index contributed by atoms with van der Waals surface area (Å²) in [6.45, 7) is 4.23. The zero-order valence-electron chi connectivity index (χ0n) is 16.8. The van der Waals surface area contributed by atoms with Gasteiger partial charge in [-0.05, 0) is 59.5 Å². The maximum Gasteiger partial charge on any atom is 0.339 e. The highest BCUT2D eigenvalue weighted by Crippen LogP contribution is 2.35. The molecular formula is C24H19BrO5S. The molecule has 1 aliphatic rings. The van der Waals surface area contributed by atoms with E-state index in [4.69, 9.17) is 8.92 Å². The average molecular weight is 499 g/mol. The van der Waals surface area contributed by atoms with Crippen LogP contribution < -0.4 is 8.92 Å². The summed E-state index contributed by atoms with van der Waals surface area (Å²) >= 11 is 3.27. The first-order chi connectivity index (χ1) is 14.7. The van der Waals surface area contributed by atoms with Crippen molar-refractivity contribution in [1.29, 1.82) is 0 Å². The van der Waals surface area contributed by atoms with Crippen LogP contribution in [0.1, 0.15) is 41.3 Å². The van der Waals surface area contributed by atoms with Crippen LogP contribution in [0.4, 0.5) is 0 Å². The minimum atomic E-state index is -4.01. The standard InChI is InChI=1S/C24H19BrO5S/c1-15(2)17-5-3-16(4-6-17)13-23-24(26)21-12-9-19(14-22(21)29-23)30-31(27,28)20-10-7-18(25)8-11-20/h3-15H,1-2H3/b23-13-. The van der Waals surface area contributed by atoms with Gasteiger partial charge in [0, 0.05) is 10.5 Å². The van der Waals surface area contributed by atoms with Crippen molar-refractivity contribution in [3.05, 3.63) is 93.7 Å². The Hall–Kier alpha value is -2.90. The molecule has 0 amide bonds. The Morgan fingerprint density at radius 2 is 1.65 bits per heavy atom. The molecule has 7 heteroatoms. The molecule has 0 fully saturated rings. The summed E-state index contributed by atoms with van der Waals surface area (Å²) in [7, 11) is -4.01. The summed E-state index contributed by atoms with van der Waals surface area (Å²) < 4.78 is 36.7. The molecular weight excluding hydrogens is 480 g/mol. The lowest BCUT2D eigenvalue weighted by Gasteiger charge is -2.08. The molecule has 3 aromatic carbocycles. The van der Waals surface area contributed by atoms with Gasteiger partial charge in [0.05, 0.1) is 5.56 Å². The molecule has 0 saturated carbocycles. The van der Waals surface area contributed by atoms with Gasteiger partial charge in [0.2, 0.25) is 5.78 Å². The van der Waals surface area contributed by atoms with Gasteiger partial charge in [-0.25, -0.2) is 0 Å². The van der Waals surface area contributed by atoms with Crippen molar-refractivity contribution in [2.24, 2.45) is 0 Å². The summed E-state index contributed by atoms with van der Waals surface area (Å²) in [6, 6.07) is 18.4. The lowest BCUT2D eigenvalue weighted by atomic mass is 10.0. The molecule has 0 radical (unpaired) electrons. The quantitative estimate of drug-likeness (QED) is 0.320. The van der Waals surface area contributed by atoms with Gasteiger partial charge in [-0.1, -0.05) is 54.0 Å². The largest absolute Gasteiger partial charge is 0.452 e. The van der Waals surface area contributed by atoms with Crippen LogP contribution >= 0.6 is 15.9 Å². The van der Waals surface area contributed by atoms with Crippen molar-refractivity contribution in [3.63, 3.8) is 0 Å². The molecule has 31 heavy (non-hydrogen) atoms. The Kier molecular flexibility index (Phi) is 5.73. The second kappa shape index (κ2) is 8.32. The molecule has 1 heterocycles. The smallest absolute Gasteiger partial charge is 0.339 e. The number of carbonyl (C=O) groups is 1. The fourth-order valence-corrected chi connectivity index (χ4v) is 4.31. The highest BCUT2D eigenvalue weighted by molar-refractivity contribution is 9.10. The third kappa shape index (κ3) is 4.57. The Morgan fingerprint density at radius 3 is 2.29 bits per heavy atom. The van der Waals surface area contributed by atoms with E-state index >= 15 is 0 Å². The minimum Gasteiger partial charge on any atom is -0.452 e. The number of halogens is 1. The molecule has 0 unspecified atom stereocenters. The number of fused-ring (bicyclic) bond motifs is 1. The van der Waals surface area contributed by atoms with Crippen LogP contribution in [0.25, 0.3) is 6.08 Å². The fourth-order valence-electron chi connectivity index (χ4n) is 3.12. The molecule has 0 N–H and O–H groups in total. The molecule has 0 aromatic heterocycles. The van der Waals surface area contributed by atoms with E-state index in [1.165, 1.54) is 35.9 Å². The number of hydrogen-bond donors (Lipinski definition) is 0. The maximum atomic E-state index is 12.7. The number of ketones is 1. The van der Waals surface area contributed by atoms with Gasteiger partial charge in [-0.2, -0.15) is 8.42 Å². The van der Waals surface area contributed by atoms with Crippen LogP contribution in [0.3, 0.4) is 0 Å². The van der Waals surface area contributed by atoms with Gasteiger partial charge in [-0.15, -0.1) is 0 Å². The predicted octanol–water partition coefficient (Wildman–Crippen LogP) is 5.96. The SMILES string of the molecule is CC(C)c1ccc(/C=C2\Oc3cc(OS(=O)(=O)c4ccc(Br)cc4)ccc3C2=O)cc1. The highest BCUT2D eigenvalue weighted by Gasteiger charge is 2.28. The van der Waals surface area contributed by atoms with Crippen molar-refractivity contribution in [3.8, 4) is 11.5 Å². The summed E-state index contributed by atoms with van der Waals surface area (Å²) in [5.74, 6) is 0.670. The lowest BCUT2D eigenvalue weighted by molar-refractivity contribution is 0.101. The Labute approximate surface area is 189 Å². The monoisotopic (exact) mass is 498 g/mol.